The maximum Gasteiger partial charge on any atom is 0.345 e. The summed E-state index contributed by atoms with van der Waals surface area (Å²) < 4.78 is 6.15. The zero-order valence-electron chi connectivity index (χ0n) is 9.66. The molecule has 0 amide bonds. The number of hydrogen-bond acceptors (Lipinski definition) is 3. The minimum Gasteiger partial charge on any atom is -0.496 e. The number of carbonyl (C=O) groups is 1. The second-order valence-corrected chi connectivity index (χ2v) is 3.57. The number of nitrogens with zero attached hydrogens (tertiary/aromatic N) is 1. The lowest BCUT2D eigenvalue weighted by molar-refractivity contribution is 0.0691. The number of pyridine rings is 1. The van der Waals surface area contributed by atoms with Crippen LogP contribution in [0.5, 0.6) is 5.75 Å². The number of rotatable bonds is 3. The van der Waals surface area contributed by atoms with Crippen LogP contribution in [0.2, 0.25) is 0 Å². The minimum absolute atomic E-state index is 0.0553. The summed E-state index contributed by atoms with van der Waals surface area (Å²) in [5, 5.41) is 9.06. The minimum atomic E-state index is -1.30. The molecule has 0 radical (unpaired) electrons. The van der Waals surface area contributed by atoms with Gasteiger partial charge in [-0.25, -0.2) is 4.79 Å². The van der Waals surface area contributed by atoms with Gasteiger partial charge in [0, 0.05) is 11.9 Å². The summed E-state index contributed by atoms with van der Waals surface area (Å²) >= 11 is 0. The number of aromatic carboxylic acids is 1. The third-order valence-corrected chi connectivity index (χ3v) is 2.52. The molecule has 1 heterocycles. The maximum atomic E-state index is 12.1. The van der Waals surface area contributed by atoms with E-state index < -0.39 is 11.5 Å². The Morgan fingerprint density at radius 3 is 2.44 bits per heavy atom. The lowest BCUT2D eigenvalue weighted by Gasteiger charge is -2.09. The molecule has 0 saturated carbocycles. The van der Waals surface area contributed by atoms with E-state index in [1.807, 2.05) is 6.07 Å². The van der Waals surface area contributed by atoms with E-state index >= 15 is 0 Å². The third kappa shape index (κ3) is 1.98. The van der Waals surface area contributed by atoms with Gasteiger partial charge in [0.1, 0.15) is 5.75 Å². The van der Waals surface area contributed by atoms with Gasteiger partial charge in [-0.05, 0) is 18.2 Å². The van der Waals surface area contributed by atoms with Crippen molar-refractivity contribution in [1.82, 2.24) is 4.57 Å². The molecule has 2 rings (SSSR count). The predicted octanol–water partition coefficient (Wildman–Crippen LogP) is 1.54. The van der Waals surface area contributed by atoms with E-state index in [1.54, 1.807) is 24.3 Å². The van der Waals surface area contributed by atoms with Crippen LogP contribution in [0.3, 0.4) is 0 Å². The van der Waals surface area contributed by atoms with Gasteiger partial charge in [-0.15, -0.1) is 0 Å². The highest BCUT2D eigenvalue weighted by Gasteiger charge is 2.18. The van der Waals surface area contributed by atoms with Gasteiger partial charge >= 0.3 is 5.97 Å². The average Bonchev–Trinajstić information content (AvgIpc) is 2.38. The Bertz CT molecular complexity index is 631. The fourth-order valence-corrected chi connectivity index (χ4v) is 1.68. The maximum absolute atomic E-state index is 12.1. The number of benzene rings is 1. The van der Waals surface area contributed by atoms with Crippen molar-refractivity contribution in [3.63, 3.8) is 0 Å². The van der Waals surface area contributed by atoms with Gasteiger partial charge in [0.25, 0.3) is 5.56 Å². The summed E-state index contributed by atoms with van der Waals surface area (Å²) in [4.78, 5) is 23.2. The first kappa shape index (κ1) is 11.9. The van der Waals surface area contributed by atoms with Gasteiger partial charge in [0.15, 0.2) is 5.56 Å². The van der Waals surface area contributed by atoms with Crippen molar-refractivity contribution < 1.29 is 14.6 Å². The van der Waals surface area contributed by atoms with E-state index in [1.165, 1.54) is 23.9 Å². The normalized spacial score (nSPS) is 10.1. The van der Waals surface area contributed by atoms with Crippen LogP contribution in [0.25, 0.3) is 5.69 Å². The quantitative estimate of drug-likeness (QED) is 0.890. The van der Waals surface area contributed by atoms with Crippen molar-refractivity contribution in [1.29, 1.82) is 0 Å². The highest BCUT2D eigenvalue weighted by Crippen LogP contribution is 2.15. The molecule has 18 heavy (non-hydrogen) atoms. The standard InChI is InChI=1S/C13H11NO4/c1-18-10-7-8-14(9-5-3-2-4-6-9)12(15)11(10)13(16)17/h2-8H,1H3,(H,16,17). The highest BCUT2D eigenvalue weighted by molar-refractivity contribution is 5.90. The van der Waals surface area contributed by atoms with Crippen LogP contribution in [0.1, 0.15) is 10.4 Å². The second-order valence-electron chi connectivity index (χ2n) is 3.57. The van der Waals surface area contributed by atoms with Crippen LogP contribution in [-0.4, -0.2) is 22.8 Å². The van der Waals surface area contributed by atoms with E-state index in [0.717, 1.165) is 0 Å². The zero-order chi connectivity index (χ0) is 13.1. The van der Waals surface area contributed by atoms with E-state index in [0.29, 0.717) is 5.69 Å². The van der Waals surface area contributed by atoms with Crippen LogP contribution >= 0.6 is 0 Å². The Morgan fingerprint density at radius 2 is 1.89 bits per heavy atom. The molecule has 0 unspecified atom stereocenters. The summed E-state index contributed by atoms with van der Waals surface area (Å²) in [6.45, 7) is 0. The zero-order valence-corrected chi connectivity index (χ0v) is 9.66. The molecular weight excluding hydrogens is 234 g/mol. The molecule has 1 aromatic carbocycles. The average molecular weight is 245 g/mol. The number of carboxylic acid groups (broad SMARTS) is 1. The Morgan fingerprint density at radius 1 is 1.22 bits per heavy atom. The fraction of sp³-hybridized carbons (Fsp3) is 0.0769. The molecule has 5 heteroatoms. The molecular formula is C13H11NO4. The number of carboxylic acids is 1. The molecule has 0 spiro atoms. The highest BCUT2D eigenvalue weighted by atomic mass is 16.5. The van der Waals surface area contributed by atoms with Gasteiger partial charge in [0.05, 0.1) is 7.11 Å². The van der Waals surface area contributed by atoms with Gasteiger partial charge in [0.2, 0.25) is 0 Å². The smallest absolute Gasteiger partial charge is 0.345 e. The van der Waals surface area contributed by atoms with E-state index in [2.05, 4.69) is 0 Å². The molecule has 92 valence electrons. The Balaban J connectivity index is 2.70. The molecule has 0 saturated heterocycles. The predicted molar refractivity (Wildman–Crippen MR) is 65.6 cm³/mol. The van der Waals surface area contributed by atoms with Crippen LogP contribution < -0.4 is 10.3 Å². The first-order chi connectivity index (χ1) is 8.65. The molecule has 0 aliphatic heterocycles. The number of hydrogen-bond donors (Lipinski definition) is 1. The van der Waals surface area contributed by atoms with Gasteiger partial charge in [-0.3, -0.25) is 9.36 Å². The second kappa shape index (κ2) is 4.75. The van der Waals surface area contributed by atoms with Crippen LogP contribution in [-0.2, 0) is 0 Å². The van der Waals surface area contributed by atoms with Crippen LogP contribution in [0, 0.1) is 0 Å². The molecule has 0 aliphatic carbocycles. The third-order valence-electron chi connectivity index (χ3n) is 2.52. The Labute approximate surface area is 103 Å². The molecule has 0 atom stereocenters. The van der Waals surface area contributed by atoms with Gasteiger partial charge in [-0.1, -0.05) is 18.2 Å². The molecule has 1 aromatic heterocycles. The summed E-state index contributed by atoms with van der Waals surface area (Å²) in [6, 6.07) is 10.3. The van der Waals surface area contributed by atoms with Gasteiger partial charge in [-0.2, -0.15) is 0 Å². The van der Waals surface area contributed by atoms with Crippen molar-refractivity contribution in [3.8, 4) is 11.4 Å². The Kier molecular flexibility index (Phi) is 3.14. The van der Waals surface area contributed by atoms with Crippen molar-refractivity contribution >= 4 is 5.97 Å². The molecule has 2 aromatic rings. The first-order valence-corrected chi connectivity index (χ1v) is 5.23. The van der Waals surface area contributed by atoms with Crippen LogP contribution in [0.15, 0.2) is 47.4 Å². The number of aromatic nitrogens is 1. The van der Waals surface area contributed by atoms with E-state index in [9.17, 15) is 9.59 Å². The van der Waals surface area contributed by atoms with Crippen molar-refractivity contribution in [2.75, 3.05) is 7.11 Å². The molecule has 0 bridgehead atoms. The first-order valence-electron chi connectivity index (χ1n) is 5.23. The number of para-hydroxylation sites is 1. The summed E-state index contributed by atoms with van der Waals surface area (Å²) in [5.41, 5.74) is -0.385. The lowest BCUT2D eigenvalue weighted by Crippen LogP contribution is -2.25. The summed E-state index contributed by atoms with van der Waals surface area (Å²) in [7, 11) is 1.33. The topological polar surface area (TPSA) is 68.5 Å². The van der Waals surface area contributed by atoms with Crippen molar-refractivity contribution in [3.05, 3.63) is 58.5 Å². The Hall–Kier alpha value is -2.56. The molecule has 0 aliphatic rings. The largest absolute Gasteiger partial charge is 0.496 e. The molecule has 5 nitrogen and oxygen atoms in total. The SMILES string of the molecule is COc1ccn(-c2ccccc2)c(=O)c1C(=O)O. The van der Waals surface area contributed by atoms with Gasteiger partial charge < -0.3 is 9.84 Å². The van der Waals surface area contributed by atoms with E-state index in [-0.39, 0.29) is 11.3 Å². The summed E-state index contributed by atoms with van der Waals surface area (Å²) in [5.74, 6) is -1.25. The number of methoxy groups -OCH3 is 1. The van der Waals surface area contributed by atoms with Crippen molar-refractivity contribution in [2.24, 2.45) is 0 Å². The fourth-order valence-electron chi connectivity index (χ4n) is 1.68. The monoisotopic (exact) mass is 245 g/mol. The van der Waals surface area contributed by atoms with Crippen molar-refractivity contribution in [2.45, 2.75) is 0 Å². The molecule has 1 N–H and O–H groups in total. The number of ether oxygens (including phenoxy) is 1. The summed E-state index contributed by atoms with van der Waals surface area (Å²) in [6.07, 6.45) is 1.49. The molecule has 0 fully saturated rings. The van der Waals surface area contributed by atoms with Crippen LogP contribution in [0.4, 0.5) is 0 Å². The lowest BCUT2D eigenvalue weighted by atomic mass is 10.2. The van der Waals surface area contributed by atoms with E-state index in [4.69, 9.17) is 9.84 Å².